The monoisotopic (exact) mass is 282 g/mol. The second kappa shape index (κ2) is 7.58. The number of thioether (sulfide) groups is 1. The van der Waals surface area contributed by atoms with E-state index in [1.165, 1.54) is 5.56 Å². The molecule has 1 atom stereocenters. The average molecular weight is 282 g/mol. The third kappa shape index (κ3) is 3.75. The van der Waals surface area contributed by atoms with Gasteiger partial charge in [-0.05, 0) is 18.6 Å². The summed E-state index contributed by atoms with van der Waals surface area (Å²) in [5, 5.41) is 3.18. The molecular formula is C14H26N4S. The van der Waals surface area contributed by atoms with Crippen molar-refractivity contribution in [2.24, 2.45) is 0 Å². The van der Waals surface area contributed by atoms with Crippen LogP contribution in [0, 0.1) is 0 Å². The molecule has 5 heteroatoms. The lowest BCUT2D eigenvalue weighted by Gasteiger charge is -2.30. The van der Waals surface area contributed by atoms with Gasteiger partial charge in [0.1, 0.15) is 18.0 Å². The lowest BCUT2D eigenvalue weighted by Crippen LogP contribution is -2.35. The fourth-order valence-corrected chi connectivity index (χ4v) is 3.11. The van der Waals surface area contributed by atoms with Crippen molar-refractivity contribution < 1.29 is 0 Å². The second-order valence-corrected chi connectivity index (χ2v) is 5.90. The van der Waals surface area contributed by atoms with Crippen LogP contribution in [0.4, 0.5) is 11.6 Å². The number of rotatable bonds is 7. The summed E-state index contributed by atoms with van der Waals surface area (Å²) in [6, 6.07) is 0.507. The molecule has 1 unspecified atom stereocenters. The van der Waals surface area contributed by atoms with Gasteiger partial charge in [-0.3, -0.25) is 0 Å². The Morgan fingerprint density at radius 3 is 2.53 bits per heavy atom. The zero-order valence-electron chi connectivity index (χ0n) is 12.9. The molecule has 4 nitrogen and oxygen atoms in total. The molecule has 0 aliphatic carbocycles. The van der Waals surface area contributed by atoms with Crippen LogP contribution in [0.15, 0.2) is 6.33 Å². The summed E-state index contributed by atoms with van der Waals surface area (Å²) in [5.74, 6) is 3.50. The highest BCUT2D eigenvalue weighted by Gasteiger charge is 2.21. The van der Waals surface area contributed by atoms with E-state index in [2.05, 4.69) is 54.3 Å². The molecule has 0 bridgehead atoms. The van der Waals surface area contributed by atoms with Gasteiger partial charge >= 0.3 is 0 Å². The maximum absolute atomic E-state index is 4.53. The SMILES string of the molecule is CCC(CSC)N(C)c1ncnc(NC)c1C(C)C. The Labute approximate surface area is 121 Å². The maximum atomic E-state index is 4.53. The molecule has 0 aromatic carbocycles. The molecule has 1 heterocycles. The van der Waals surface area contributed by atoms with Crippen LogP contribution < -0.4 is 10.2 Å². The maximum Gasteiger partial charge on any atom is 0.137 e. The van der Waals surface area contributed by atoms with E-state index in [9.17, 15) is 0 Å². The number of anilines is 2. The highest BCUT2D eigenvalue weighted by atomic mass is 32.2. The van der Waals surface area contributed by atoms with Crippen molar-refractivity contribution >= 4 is 23.4 Å². The normalized spacial score (nSPS) is 12.6. The first-order chi connectivity index (χ1) is 9.06. The first-order valence-electron chi connectivity index (χ1n) is 6.81. The number of nitrogens with one attached hydrogen (secondary N) is 1. The predicted molar refractivity (Wildman–Crippen MR) is 86.5 cm³/mol. The molecule has 0 aliphatic rings. The Hall–Kier alpha value is -0.970. The van der Waals surface area contributed by atoms with Gasteiger partial charge in [0.2, 0.25) is 0 Å². The Kier molecular flexibility index (Phi) is 6.42. The molecule has 1 N–H and O–H groups in total. The molecule has 0 saturated carbocycles. The molecular weight excluding hydrogens is 256 g/mol. The zero-order chi connectivity index (χ0) is 14.4. The van der Waals surface area contributed by atoms with Crippen LogP contribution in [0.5, 0.6) is 0 Å². The van der Waals surface area contributed by atoms with Crippen LogP contribution in [-0.4, -0.2) is 42.1 Å². The van der Waals surface area contributed by atoms with Gasteiger partial charge in [0.25, 0.3) is 0 Å². The van der Waals surface area contributed by atoms with Crippen molar-refractivity contribution in [3.05, 3.63) is 11.9 Å². The molecule has 0 saturated heterocycles. The summed E-state index contributed by atoms with van der Waals surface area (Å²) in [7, 11) is 4.05. The topological polar surface area (TPSA) is 41.1 Å². The van der Waals surface area contributed by atoms with E-state index < -0.39 is 0 Å². The highest BCUT2D eigenvalue weighted by Crippen LogP contribution is 2.31. The molecule has 0 amide bonds. The van der Waals surface area contributed by atoms with Crippen LogP contribution in [0.25, 0.3) is 0 Å². The van der Waals surface area contributed by atoms with Gasteiger partial charge in [0.05, 0.1) is 0 Å². The Balaban J connectivity index is 3.17. The molecule has 1 rings (SSSR count). The van der Waals surface area contributed by atoms with Gasteiger partial charge in [0.15, 0.2) is 0 Å². The van der Waals surface area contributed by atoms with Crippen molar-refractivity contribution in [2.45, 2.75) is 39.2 Å². The van der Waals surface area contributed by atoms with E-state index in [4.69, 9.17) is 0 Å². The van der Waals surface area contributed by atoms with Crippen LogP contribution in [0.2, 0.25) is 0 Å². The summed E-state index contributed by atoms with van der Waals surface area (Å²) in [4.78, 5) is 11.2. The minimum absolute atomic E-state index is 0.396. The summed E-state index contributed by atoms with van der Waals surface area (Å²) in [6.45, 7) is 6.60. The van der Waals surface area contributed by atoms with E-state index in [-0.39, 0.29) is 0 Å². The van der Waals surface area contributed by atoms with Crippen LogP contribution in [0.3, 0.4) is 0 Å². The zero-order valence-corrected chi connectivity index (χ0v) is 13.7. The van der Waals surface area contributed by atoms with Gasteiger partial charge in [0, 0.05) is 31.5 Å². The third-order valence-corrected chi connectivity index (χ3v) is 4.11. The largest absolute Gasteiger partial charge is 0.373 e. The fraction of sp³-hybridized carbons (Fsp3) is 0.714. The molecule has 1 aromatic rings. The molecule has 1 aromatic heterocycles. The average Bonchev–Trinajstić information content (AvgIpc) is 2.42. The lowest BCUT2D eigenvalue weighted by molar-refractivity contribution is 0.657. The molecule has 0 spiro atoms. The van der Waals surface area contributed by atoms with Crippen molar-refractivity contribution in [1.82, 2.24) is 9.97 Å². The summed E-state index contributed by atoms with van der Waals surface area (Å²) in [6.07, 6.45) is 4.92. The lowest BCUT2D eigenvalue weighted by atomic mass is 10.0. The van der Waals surface area contributed by atoms with Gasteiger partial charge < -0.3 is 10.2 Å². The molecule has 0 aliphatic heterocycles. The van der Waals surface area contributed by atoms with Crippen molar-refractivity contribution in [3.8, 4) is 0 Å². The number of aromatic nitrogens is 2. The summed E-state index contributed by atoms with van der Waals surface area (Å²) < 4.78 is 0. The summed E-state index contributed by atoms with van der Waals surface area (Å²) >= 11 is 1.88. The van der Waals surface area contributed by atoms with E-state index in [1.54, 1.807) is 6.33 Å². The fourth-order valence-electron chi connectivity index (χ4n) is 2.27. The smallest absolute Gasteiger partial charge is 0.137 e. The predicted octanol–water partition coefficient (Wildman–Crippen LogP) is 3.22. The van der Waals surface area contributed by atoms with Gasteiger partial charge in [-0.2, -0.15) is 11.8 Å². The van der Waals surface area contributed by atoms with Crippen molar-refractivity contribution in [2.75, 3.05) is 36.3 Å². The standard InChI is InChI=1S/C14H26N4S/c1-7-11(8-19-6)18(5)14-12(10(2)3)13(15-4)16-9-17-14/h9-11H,7-8H2,1-6H3,(H,15,16,17). The minimum Gasteiger partial charge on any atom is -0.373 e. The van der Waals surface area contributed by atoms with Gasteiger partial charge in [-0.1, -0.05) is 20.8 Å². The van der Waals surface area contributed by atoms with E-state index >= 15 is 0 Å². The second-order valence-electron chi connectivity index (χ2n) is 4.99. The first-order valence-corrected chi connectivity index (χ1v) is 8.20. The van der Waals surface area contributed by atoms with Gasteiger partial charge in [-0.25, -0.2) is 9.97 Å². The third-order valence-electron chi connectivity index (χ3n) is 3.39. The van der Waals surface area contributed by atoms with Crippen LogP contribution in [0.1, 0.15) is 38.7 Å². The molecule has 0 radical (unpaired) electrons. The highest BCUT2D eigenvalue weighted by molar-refractivity contribution is 7.98. The number of nitrogens with zero attached hydrogens (tertiary/aromatic N) is 3. The Morgan fingerprint density at radius 2 is 2.05 bits per heavy atom. The minimum atomic E-state index is 0.396. The molecule has 108 valence electrons. The number of hydrogen-bond acceptors (Lipinski definition) is 5. The van der Waals surface area contributed by atoms with Crippen molar-refractivity contribution in [1.29, 1.82) is 0 Å². The summed E-state index contributed by atoms with van der Waals surface area (Å²) in [5.41, 5.74) is 1.20. The number of hydrogen-bond donors (Lipinski definition) is 1. The Bertz CT molecular complexity index is 395. The first kappa shape index (κ1) is 16.1. The van der Waals surface area contributed by atoms with Crippen LogP contribution in [-0.2, 0) is 0 Å². The molecule has 19 heavy (non-hydrogen) atoms. The quantitative estimate of drug-likeness (QED) is 0.831. The van der Waals surface area contributed by atoms with Crippen molar-refractivity contribution in [3.63, 3.8) is 0 Å². The molecule has 0 fully saturated rings. The van der Waals surface area contributed by atoms with Crippen LogP contribution >= 0.6 is 11.8 Å². The van der Waals surface area contributed by atoms with E-state index in [0.29, 0.717) is 12.0 Å². The van der Waals surface area contributed by atoms with Gasteiger partial charge in [-0.15, -0.1) is 0 Å². The van der Waals surface area contributed by atoms with E-state index in [0.717, 1.165) is 23.8 Å². The Morgan fingerprint density at radius 1 is 1.37 bits per heavy atom. The van der Waals surface area contributed by atoms with E-state index in [1.807, 2.05) is 18.8 Å².